The highest BCUT2D eigenvalue weighted by Crippen LogP contribution is 2.42. The largest absolute Gasteiger partial charge is 0.0654 e. The third-order valence-electron chi connectivity index (χ3n) is 6.18. The van der Waals surface area contributed by atoms with Crippen molar-refractivity contribution in [2.45, 2.75) is 78.1 Å². The second-order valence-electron chi connectivity index (χ2n) is 9.23. The SMILES string of the molecule is CCCCC1=Cc2c(cc3c(c2-c2ccc(C(C)(C)C)cc2)CCC3)C1. The zero-order chi connectivity index (χ0) is 18.3. The molecule has 0 nitrogen and oxygen atoms in total. The molecule has 0 radical (unpaired) electrons. The van der Waals surface area contributed by atoms with Crippen LogP contribution in [0.4, 0.5) is 0 Å². The maximum atomic E-state index is 2.53. The van der Waals surface area contributed by atoms with Gasteiger partial charge in [-0.25, -0.2) is 0 Å². The van der Waals surface area contributed by atoms with Gasteiger partial charge in [-0.3, -0.25) is 0 Å². The number of hydrogen-bond acceptors (Lipinski definition) is 0. The molecule has 0 heteroatoms. The van der Waals surface area contributed by atoms with E-state index in [1.165, 1.54) is 61.6 Å². The lowest BCUT2D eigenvalue weighted by molar-refractivity contribution is 0.590. The average molecular weight is 345 g/mol. The van der Waals surface area contributed by atoms with Crippen molar-refractivity contribution in [3.63, 3.8) is 0 Å². The normalized spacial score (nSPS) is 15.8. The van der Waals surface area contributed by atoms with Crippen LogP contribution < -0.4 is 0 Å². The summed E-state index contributed by atoms with van der Waals surface area (Å²) in [4.78, 5) is 0. The van der Waals surface area contributed by atoms with Crippen molar-refractivity contribution in [3.05, 3.63) is 63.7 Å². The third kappa shape index (κ3) is 3.15. The Morgan fingerprint density at radius 1 is 0.962 bits per heavy atom. The first-order chi connectivity index (χ1) is 12.5. The third-order valence-corrected chi connectivity index (χ3v) is 6.18. The highest BCUT2D eigenvalue weighted by molar-refractivity contribution is 5.84. The Morgan fingerprint density at radius 2 is 1.73 bits per heavy atom. The summed E-state index contributed by atoms with van der Waals surface area (Å²) in [7, 11) is 0. The Morgan fingerprint density at radius 3 is 2.42 bits per heavy atom. The summed E-state index contributed by atoms with van der Waals surface area (Å²) in [5, 5.41) is 0. The molecular weight excluding hydrogens is 312 g/mol. The highest BCUT2D eigenvalue weighted by Gasteiger charge is 2.25. The molecule has 2 aromatic rings. The maximum Gasteiger partial charge on any atom is -0.00575 e. The van der Waals surface area contributed by atoms with E-state index in [-0.39, 0.29) is 5.41 Å². The van der Waals surface area contributed by atoms with Gasteiger partial charge in [-0.05, 0) is 82.9 Å². The van der Waals surface area contributed by atoms with Crippen LogP contribution in [0, 0.1) is 0 Å². The molecule has 0 bridgehead atoms. The van der Waals surface area contributed by atoms with Gasteiger partial charge in [0.1, 0.15) is 0 Å². The fourth-order valence-electron chi connectivity index (χ4n) is 4.67. The Hall–Kier alpha value is -1.82. The van der Waals surface area contributed by atoms with Crippen molar-refractivity contribution < 1.29 is 0 Å². The lowest BCUT2D eigenvalue weighted by Gasteiger charge is -2.20. The predicted molar refractivity (Wildman–Crippen MR) is 114 cm³/mol. The van der Waals surface area contributed by atoms with Crippen LogP contribution >= 0.6 is 0 Å². The number of allylic oxidation sites excluding steroid dienone is 1. The number of hydrogen-bond donors (Lipinski definition) is 0. The molecule has 0 N–H and O–H groups in total. The molecule has 0 atom stereocenters. The van der Waals surface area contributed by atoms with Crippen LogP contribution in [0.2, 0.25) is 0 Å². The first-order valence-corrected chi connectivity index (χ1v) is 10.5. The zero-order valence-electron chi connectivity index (χ0n) is 16.9. The van der Waals surface area contributed by atoms with E-state index in [1.54, 1.807) is 27.8 Å². The van der Waals surface area contributed by atoms with E-state index in [4.69, 9.17) is 0 Å². The van der Waals surface area contributed by atoms with Crippen molar-refractivity contribution in [2.24, 2.45) is 0 Å². The first-order valence-electron chi connectivity index (χ1n) is 10.5. The van der Waals surface area contributed by atoms with Crippen LogP contribution in [-0.4, -0.2) is 0 Å². The number of benzene rings is 2. The van der Waals surface area contributed by atoms with Gasteiger partial charge < -0.3 is 0 Å². The van der Waals surface area contributed by atoms with Gasteiger partial charge >= 0.3 is 0 Å². The van der Waals surface area contributed by atoms with E-state index in [9.17, 15) is 0 Å². The van der Waals surface area contributed by atoms with Crippen LogP contribution in [-0.2, 0) is 24.7 Å². The molecule has 0 saturated carbocycles. The molecule has 0 heterocycles. The quantitative estimate of drug-likeness (QED) is 0.547. The Bertz CT molecular complexity index is 841. The van der Waals surface area contributed by atoms with Crippen LogP contribution in [0.3, 0.4) is 0 Å². The average Bonchev–Trinajstić information content (AvgIpc) is 3.23. The summed E-state index contributed by atoms with van der Waals surface area (Å²) in [6.07, 6.45) is 11.4. The molecule has 2 aliphatic carbocycles. The summed E-state index contributed by atoms with van der Waals surface area (Å²) >= 11 is 0. The fraction of sp³-hybridized carbons (Fsp3) is 0.462. The molecule has 26 heavy (non-hydrogen) atoms. The number of fused-ring (bicyclic) bond motifs is 2. The van der Waals surface area contributed by atoms with E-state index in [0.29, 0.717) is 0 Å². The van der Waals surface area contributed by atoms with Gasteiger partial charge in [0.25, 0.3) is 0 Å². The number of rotatable bonds is 4. The standard InChI is InChI=1S/C26H32/c1-5-6-8-18-15-21-17-20-9-7-10-23(20)25(24(21)16-18)19-11-13-22(14-12-19)26(2,3)4/h11-14,16-17H,5-10,15H2,1-4H3. The molecule has 0 aliphatic heterocycles. The molecular formula is C26H32. The summed E-state index contributed by atoms with van der Waals surface area (Å²) < 4.78 is 0. The fourth-order valence-corrected chi connectivity index (χ4v) is 4.67. The summed E-state index contributed by atoms with van der Waals surface area (Å²) in [5.41, 5.74) is 12.6. The second-order valence-corrected chi connectivity index (χ2v) is 9.23. The summed E-state index contributed by atoms with van der Waals surface area (Å²) in [6.45, 7) is 9.17. The topological polar surface area (TPSA) is 0 Å². The van der Waals surface area contributed by atoms with Crippen molar-refractivity contribution in [3.8, 4) is 11.1 Å². The van der Waals surface area contributed by atoms with Gasteiger partial charge in [0.2, 0.25) is 0 Å². The highest BCUT2D eigenvalue weighted by atomic mass is 14.3. The van der Waals surface area contributed by atoms with E-state index < -0.39 is 0 Å². The minimum Gasteiger partial charge on any atom is -0.0654 e. The Kier molecular flexibility index (Phi) is 4.55. The van der Waals surface area contributed by atoms with E-state index >= 15 is 0 Å². The lowest BCUT2D eigenvalue weighted by Crippen LogP contribution is -2.10. The van der Waals surface area contributed by atoms with Gasteiger partial charge in [0, 0.05) is 0 Å². The first kappa shape index (κ1) is 17.6. The maximum absolute atomic E-state index is 2.53. The van der Waals surface area contributed by atoms with Gasteiger partial charge in [0.05, 0.1) is 0 Å². The summed E-state index contributed by atoms with van der Waals surface area (Å²) in [6, 6.07) is 11.9. The second kappa shape index (κ2) is 6.72. The molecule has 0 saturated heterocycles. The van der Waals surface area contributed by atoms with Crippen molar-refractivity contribution >= 4 is 6.08 Å². The molecule has 0 fully saturated rings. The van der Waals surface area contributed by atoms with Gasteiger partial charge in [-0.2, -0.15) is 0 Å². The molecule has 136 valence electrons. The van der Waals surface area contributed by atoms with E-state index in [1.807, 2.05) is 0 Å². The number of unbranched alkanes of at least 4 members (excludes halogenated alkanes) is 1. The predicted octanol–water partition coefficient (Wildman–Crippen LogP) is 7.27. The molecule has 2 aromatic carbocycles. The molecule has 0 amide bonds. The molecule has 4 rings (SSSR count). The minimum atomic E-state index is 0.215. The van der Waals surface area contributed by atoms with Gasteiger partial charge in [-0.15, -0.1) is 0 Å². The number of aryl methyl sites for hydroxylation is 1. The van der Waals surface area contributed by atoms with Crippen molar-refractivity contribution in [2.75, 3.05) is 0 Å². The van der Waals surface area contributed by atoms with E-state index in [2.05, 4.69) is 64.1 Å². The van der Waals surface area contributed by atoms with Crippen LogP contribution in [0.15, 0.2) is 35.9 Å². The van der Waals surface area contributed by atoms with Crippen LogP contribution in [0.5, 0.6) is 0 Å². The van der Waals surface area contributed by atoms with Crippen molar-refractivity contribution in [1.82, 2.24) is 0 Å². The molecule has 0 aromatic heterocycles. The van der Waals surface area contributed by atoms with Crippen molar-refractivity contribution in [1.29, 1.82) is 0 Å². The zero-order valence-corrected chi connectivity index (χ0v) is 16.9. The molecule has 0 spiro atoms. The lowest BCUT2D eigenvalue weighted by atomic mass is 9.84. The Balaban J connectivity index is 1.80. The van der Waals surface area contributed by atoms with Gasteiger partial charge in [0.15, 0.2) is 0 Å². The minimum absolute atomic E-state index is 0.215. The van der Waals surface area contributed by atoms with E-state index in [0.717, 1.165) is 0 Å². The summed E-state index contributed by atoms with van der Waals surface area (Å²) in [5.74, 6) is 0. The monoisotopic (exact) mass is 344 g/mol. The Labute approximate surface area is 159 Å². The smallest absolute Gasteiger partial charge is 0.00575 e. The van der Waals surface area contributed by atoms with Crippen LogP contribution in [0.1, 0.15) is 81.2 Å². The molecule has 0 unspecified atom stereocenters. The molecule has 2 aliphatic rings. The van der Waals surface area contributed by atoms with Gasteiger partial charge in [-0.1, -0.05) is 76.1 Å². The van der Waals surface area contributed by atoms with Crippen LogP contribution in [0.25, 0.3) is 17.2 Å².